The SMILES string of the molecule is CN[C@H](C(=O)OC)c1ccc(Cl)c(Cl)c1. The number of halogens is 2. The predicted octanol–water partition coefficient (Wildman–Crippen LogP) is 2.43. The fourth-order valence-corrected chi connectivity index (χ4v) is 1.54. The van der Waals surface area contributed by atoms with Crippen molar-refractivity contribution in [2.75, 3.05) is 14.2 Å². The Morgan fingerprint density at radius 2 is 2.07 bits per heavy atom. The molecule has 0 unspecified atom stereocenters. The normalized spacial score (nSPS) is 12.3. The van der Waals surface area contributed by atoms with Crippen molar-refractivity contribution in [1.29, 1.82) is 0 Å². The fraction of sp³-hybridized carbons (Fsp3) is 0.300. The summed E-state index contributed by atoms with van der Waals surface area (Å²) in [6.07, 6.45) is 0. The van der Waals surface area contributed by atoms with Gasteiger partial charge in [-0.2, -0.15) is 0 Å². The molecule has 0 aliphatic carbocycles. The molecule has 0 heterocycles. The van der Waals surface area contributed by atoms with E-state index in [1.807, 2.05) is 0 Å². The maximum atomic E-state index is 11.4. The van der Waals surface area contributed by atoms with Gasteiger partial charge in [0.05, 0.1) is 17.2 Å². The second kappa shape index (κ2) is 5.35. The third-order valence-corrected chi connectivity index (χ3v) is 2.74. The first-order chi connectivity index (χ1) is 7.10. The quantitative estimate of drug-likeness (QED) is 0.835. The number of hydrogen-bond acceptors (Lipinski definition) is 3. The summed E-state index contributed by atoms with van der Waals surface area (Å²) in [4.78, 5) is 11.4. The van der Waals surface area contributed by atoms with Crippen molar-refractivity contribution in [2.24, 2.45) is 0 Å². The molecule has 3 nitrogen and oxygen atoms in total. The van der Waals surface area contributed by atoms with E-state index in [0.29, 0.717) is 10.0 Å². The van der Waals surface area contributed by atoms with E-state index in [4.69, 9.17) is 23.2 Å². The van der Waals surface area contributed by atoms with Crippen LogP contribution in [0.15, 0.2) is 18.2 Å². The molecule has 0 radical (unpaired) electrons. The standard InChI is InChI=1S/C10H11Cl2NO2/c1-13-9(10(14)15-2)6-3-4-7(11)8(12)5-6/h3-5,9,13H,1-2H3/t9-/m0/s1. The van der Waals surface area contributed by atoms with Gasteiger partial charge < -0.3 is 10.1 Å². The number of methoxy groups -OCH3 is 1. The molecule has 82 valence electrons. The molecule has 1 aromatic rings. The number of carbonyl (C=O) groups is 1. The lowest BCUT2D eigenvalue weighted by molar-refractivity contribution is -0.143. The van der Waals surface area contributed by atoms with Gasteiger partial charge in [-0.3, -0.25) is 0 Å². The van der Waals surface area contributed by atoms with Crippen LogP contribution in [-0.2, 0) is 9.53 Å². The molecule has 15 heavy (non-hydrogen) atoms. The topological polar surface area (TPSA) is 38.3 Å². The first-order valence-corrected chi connectivity index (χ1v) is 5.05. The summed E-state index contributed by atoms with van der Waals surface area (Å²) >= 11 is 11.6. The highest BCUT2D eigenvalue weighted by Gasteiger charge is 2.19. The van der Waals surface area contributed by atoms with Crippen molar-refractivity contribution in [3.05, 3.63) is 33.8 Å². The van der Waals surface area contributed by atoms with Gasteiger partial charge in [0.2, 0.25) is 0 Å². The van der Waals surface area contributed by atoms with E-state index < -0.39 is 6.04 Å². The van der Waals surface area contributed by atoms with E-state index in [1.54, 1.807) is 25.2 Å². The Morgan fingerprint density at radius 1 is 1.40 bits per heavy atom. The van der Waals surface area contributed by atoms with Crippen LogP contribution in [0.3, 0.4) is 0 Å². The number of hydrogen-bond donors (Lipinski definition) is 1. The molecule has 1 atom stereocenters. The third kappa shape index (κ3) is 2.84. The van der Waals surface area contributed by atoms with Gasteiger partial charge in [-0.15, -0.1) is 0 Å². The van der Waals surface area contributed by atoms with Crippen molar-refractivity contribution < 1.29 is 9.53 Å². The van der Waals surface area contributed by atoms with E-state index in [0.717, 1.165) is 5.56 Å². The summed E-state index contributed by atoms with van der Waals surface area (Å²) in [5.41, 5.74) is 0.721. The van der Waals surface area contributed by atoms with Crippen LogP contribution in [0.1, 0.15) is 11.6 Å². The van der Waals surface area contributed by atoms with Gasteiger partial charge in [0.1, 0.15) is 6.04 Å². The lowest BCUT2D eigenvalue weighted by Gasteiger charge is -2.14. The van der Waals surface area contributed by atoms with E-state index in [2.05, 4.69) is 10.1 Å². The van der Waals surface area contributed by atoms with E-state index in [-0.39, 0.29) is 5.97 Å². The van der Waals surface area contributed by atoms with Gasteiger partial charge >= 0.3 is 5.97 Å². The molecule has 0 aromatic heterocycles. The first kappa shape index (κ1) is 12.3. The highest BCUT2D eigenvalue weighted by molar-refractivity contribution is 6.42. The minimum Gasteiger partial charge on any atom is -0.468 e. The lowest BCUT2D eigenvalue weighted by atomic mass is 10.1. The zero-order valence-electron chi connectivity index (χ0n) is 8.38. The van der Waals surface area contributed by atoms with Crippen LogP contribution < -0.4 is 5.32 Å². The largest absolute Gasteiger partial charge is 0.468 e. The van der Waals surface area contributed by atoms with E-state index in [9.17, 15) is 4.79 Å². The molecule has 1 rings (SSSR count). The Kier molecular flexibility index (Phi) is 4.39. The number of carbonyl (C=O) groups excluding carboxylic acids is 1. The average Bonchev–Trinajstić information content (AvgIpc) is 2.24. The number of ether oxygens (including phenoxy) is 1. The van der Waals surface area contributed by atoms with Crippen LogP contribution in [0.25, 0.3) is 0 Å². The second-order valence-electron chi connectivity index (χ2n) is 2.92. The van der Waals surface area contributed by atoms with Crippen molar-refractivity contribution in [3.63, 3.8) is 0 Å². The highest BCUT2D eigenvalue weighted by Crippen LogP contribution is 2.25. The zero-order chi connectivity index (χ0) is 11.4. The molecule has 1 aromatic carbocycles. The minimum absolute atomic E-state index is 0.365. The Balaban J connectivity index is 3.02. The minimum atomic E-state index is -0.523. The van der Waals surface area contributed by atoms with Gasteiger partial charge in [-0.1, -0.05) is 29.3 Å². The predicted molar refractivity (Wildman–Crippen MR) is 60.3 cm³/mol. The molecule has 1 N–H and O–H groups in total. The van der Waals surface area contributed by atoms with Crippen molar-refractivity contribution >= 4 is 29.2 Å². The molecule has 0 saturated heterocycles. The average molecular weight is 248 g/mol. The first-order valence-electron chi connectivity index (χ1n) is 4.30. The molecule has 0 aliphatic rings. The van der Waals surface area contributed by atoms with Crippen molar-refractivity contribution in [1.82, 2.24) is 5.32 Å². The molecule has 0 saturated carbocycles. The maximum Gasteiger partial charge on any atom is 0.327 e. The van der Waals surface area contributed by atoms with Crippen LogP contribution in [-0.4, -0.2) is 20.1 Å². The smallest absolute Gasteiger partial charge is 0.327 e. The van der Waals surface area contributed by atoms with Gasteiger partial charge in [0.25, 0.3) is 0 Å². The molecule has 0 amide bonds. The monoisotopic (exact) mass is 247 g/mol. The highest BCUT2D eigenvalue weighted by atomic mass is 35.5. The summed E-state index contributed by atoms with van der Waals surface area (Å²) in [6, 6.07) is 4.49. The van der Waals surface area contributed by atoms with E-state index in [1.165, 1.54) is 7.11 Å². The van der Waals surface area contributed by atoms with E-state index >= 15 is 0 Å². The summed E-state index contributed by atoms with van der Waals surface area (Å²) in [5.74, 6) is -0.365. The molecule has 5 heteroatoms. The summed E-state index contributed by atoms with van der Waals surface area (Å²) in [6.45, 7) is 0. The molecular weight excluding hydrogens is 237 g/mol. The number of rotatable bonds is 3. The second-order valence-corrected chi connectivity index (χ2v) is 3.73. The molecular formula is C10H11Cl2NO2. The van der Waals surface area contributed by atoms with Crippen molar-refractivity contribution in [2.45, 2.75) is 6.04 Å². The molecule has 0 aliphatic heterocycles. The summed E-state index contributed by atoms with van der Waals surface area (Å²) in [5, 5.41) is 3.71. The third-order valence-electron chi connectivity index (χ3n) is 2.00. The number of benzene rings is 1. The maximum absolute atomic E-state index is 11.4. The Labute approximate surface area is 98.3 Å². The van der Waals surface area contributed by atoms with Crippen LogP contribution >= 0.6 is 23.2 Å². The zero-order valence-corrected chi connectivity index (χ0v) is 9.89. The molecule has 0 bridgehead atoms. The Morgan fingerprint density at radius 3 is 2.53 bits per heavy atom. The fourth-order valence-electron chi connectivity index (χ4n) is 1.23. The van der Waals surface area contributed by atoms with Crippen LogP contribution in [0.5, 0.6) is 0 Å². The number of likely N-dealkylation sites (N-methyl/N-ethyl adjacent to an activating group) is 1. The summed E-state index contributed by atoms with van der Waals surface area (Å²) in [7, 11) is 3.01. The van der Waals surface area contributed by atoms with Gasteiger partial charge in [0, 0.05) is 0 Å². The number of nitrogens with one attached hydrogen (secondary N) is 1. The van der Waals surface area contributed by atoms with Crippen molar-refractivity contribution in [3.8, 4) is 0 Å². The Bertz CT molecular complexity index is 368. The van der Waals surface area contributed by atoms with Gasteiger partial charge in [0.15, 0.2) is 0 Å². The Hall–Kier alpha value is -0.770. The number of esters is 1. The van der Waals surface area contributed by atoms with Gasteiger partial charge in [-0.05, 0) is 24.7 Å². The van der Waals surface area contributed by atoms with Gasteiger partial charge in [-0.25, -0.2) is 4.79 Å². The van der Waals surface area contributed by atoms with Crippen LogP contribution in [0, 0.1) is 0 Å². The molecule has 0 fully saturated rings. The van der Waals surface area contributed by atoms with Crippen LogP contribution in [0.2, 0.25) is 10.0 Å². The van der Waals surface area contributed by atoms with Crippen LogP contribution in [0.4, 0.5) is 0 Å². The molecule has 0 spiro atoms. The lowest BCUT2D eigenvalue weighted by Crippen LogP contribution is -2.26. The summed E-state index contributed by atoms with van der Waals surface area (Å²) < 4.78 is 4.65.